The molecule has 0 atom stereocenters. The van der Waals surface area contributed by atoms with Crippen molar-refractivity contribution in [2.45, 2.75) is 18.7 Å². The fraction of sp³-hybridized carbons (Fsp3) is 0.188. The first-order chi connectivity index (χ1) is 12.2. The molecule has 136 valence electrons. The maximum Gasteiger partial charge on any atom is 0.267 e. The second-order valence-corrected chi connectivity index (χ2v) is 7.79. The third-order valence-corrected chi connectivity index (χ3v) is 4.74. The van der Waals surface area contributed by atoms with Crippen molar-refractivity contribution < 1.29 is 18.3 Å². The highest BCUT2D eigenvalue weighted by atomic mass is 32.2. The van der Waals surface area contributed by atoms with E-state index in [1.54, 1.807) is 0 Å². The average Bonchev–Trinajstić information content (AvgIpc) is 3.04. The predicted molar refractivity (Wildman–Crippen MR) is 94.7 cm³/mol. The minimum atomic E-state index is -3.57. The van der Waals surface area contributed by atoms with E-state index in [1.807, 2.05) is 26.0 Å². The van der Waals surface area contributed by atoms with E-state index in [2.05, 4.69) is 25.9 Å². The predicted octanol–water partition coefficient (Wildman–Crippen LogP) is 2.46. The molecule has 2 aromatic carbocycles. The van der Waals surface area contributed by atoms with Gasteiger partial charge >= 0.3 is 0 Å². The van der Waals surface area contributed by atoms with Gasteiger partial charge in [0.1, 0.15) is 22.1 Å². The number of phenols is 1. The first-order valence-electron chi connectivity index (χ1n) is 7.56. The van der Waals surface area contributed by atoms with E-state index in [0.29, 0.717) is 17.4 Å². The Bertz CT molecular complexity index is 1030. The number of nitrogens with one attached hydrogen (secondary N) is 2. The van der Waals surface area contributed by atoms with Crippen LogP contribution >= 0.6 is 0 Å². The number of aromatic amines is 1. The van der Waals surface area contributed by atoms with Crippen LogP contribution in [0.1, 0.15) is 11.1 Å². The highest BCUT2D eigenvalue weighted by Gasteiger charge is 2.16. The minimum absolute atomic E-state index is 0.180. The van der Waals surface area contributed by atoms with Gasteiger partial charge in [0.15, 0.2) is 9.84 Å². The van der Waals surface area contributed by atoms with Gasteiger partial charge in [0.25, 0.3) is 5.95 Å². The molecule has 0 radical (unpaired) electrons. The Kier molecular flexibility index (Phi) is 4.51. The van der Waals surface area contributed by atoms with E-state index in [1.165, 1.54) is 18.2 Å². The number of H-pyrrole nitrogens is 1. The normalized spacial score (nSPS) is 11.3. The molecule has 0 saturated heterocycles. The highest BCUT2D eigenvalue weighted by molar-refractivity contribution is 7.90. The highest BCUT2D eigenvalue weighted by Crippen LogP contribution is 2.34. The molecule has 1 heterocycles. The summed E-state index contributed by atoms with van der Waals surface area (Å²) >= 11 is 0. The number of aromatic nitrogens is 4. The van der Waals surface area contributed by atoms with Crippen LogP contribution in [0.5, 0.6) is 17.2 Å². The first-order valence-corrected chi connectivity index (χ1v) is 9.46. The summed E-state index contributed by atoms with van der Waals surface area (Å²) in [6.07, 6.45) is 1.03. The molecule has 26 heavy (non-hydrogen) atoms. The molecule has 0 aliphatic carbocycles. The molecule has 10 heteroatoms. The number of sulfone groups is 1. The van der Waals surface area contributed by atoms with Crippen molar-refractivity contribution >= 4 is 21.5 Å². The first kappa shape index (κ1) is 17.7. The van der Waals surface area contributed by atoms with Crippen molar-refractivity contribution in [3.05, 3.63) is 41.5 Å². The van der Waals surface area contributed by atoms with Crippen molar-refractivity contribution in [3.63, 3.8) is 0 Å². The number of hydrogen-bond acceptors (Lipinski definition) is 8. The molecular weight excluding hydrogens is 358 g/mol. The van der Waals surface area contributed by atoms with Crippen molar-refractivity contribution in [1.82, 2.24) is 20.6 Å². The van der Waals surface area contributed by atoms with E-state index in [-0.39, 0.29) is 10.6 Å². The molecule has 0 aliphatic rings. The largest absolute Gasteiger partial charge is 0.507 e. The monoisotopic (exact) mass is 375 g/mol. The standard InChI is InChI=1S/C16H17N5O4S/c1-9-6-11(17-16-18-20-21-19-16)7-10(2)15(9)25-12-4-5-13(22)14(8-12)26(3,23)24/h4-8,22H,1-3H3,(H2,17,18,19,20,21). The van der Waals surface area contributed by atoms with E-state index >= 15 is 0 Å². The van der Waals surface area contributed by atoms with Crippen molar-refractivity contribution in [2.24, 2.45) is 0 Å². The molecule has 0 fully saturated rings. The molecule has 9 nitrogen and oxygen atoms in total. The van der Waals surface area contributed by atoms with Crippen LogP contribution in [0.15, 0.2) is 35.2 Å². The van der Waals surface area contributed by atoms with Crippen molar-refractivity contribution in [2.75, 3.05) is 11.6 Å². The van der Waals surface area contributed by atoms with Crippen LogP contribution in [-0.4, -0.2) is 40.4 Å². The number of aromatic hydroxyl groups is 1. The van der Waals surface area contributed by atoms with Crippen LogP contribution in [0.4, 0.5) is 11.6 Å². The van der Waals surface area contributed by atoms with Crippen molar-refractivity contribution in [1.29, 1.82) is 0 Å². The Hall–Kier alpha value is -3.14. The Balaban J connectivity index is 1.91. The summed E-state index contributed by atoms with van der Waals surface area (Å²) in [6.45, 7) is 3.73. The number of hydrogen-bond donors (Lipinski definition) is 3. The summed E-state index contributed by atoms with van der Waals surface area (Å²) < 4.78 is 29.4. The Labute approximate surface area is 149 Å². The third-order valence-electron chi connectivity index (χ3n) is 3.61. The molecule has 0 bridgehead atoms. The number of tetrazole rings is 1. The van der Waals surface area contributed by atoms with E-state index < -0.39 is 9.84 Å². The number of benzene rings is 2. The number of ether oxygens (including phenoxy) is 1. The maximum atomic E-state index is 11.7. The van der Waals surface area contributed by atoms with E-state index in [9.17, 15) is 13.5 Å². The molecule has 1 aromatic heterocycles. The fourth-order valence-corrected chi connectivity index (χ4v) is 3.28. The fourth-order valence-electron chi connectivity index (χ4n) is 2.50. The minimum Gasteiger partial charge on any atom is -0.507 e. The van der Waals surface area contributed by atoms with Gasteiger partial charge in [0.05, 0.1) is 0 Å². The Morgan fingerprint density at radius 2 is 1.85 bits per heavy atom. The van der Waals surface area contributed by atoms with Gasteiger partial charge in [-0.2, -0.15) is 5.21 Å². The molecule has 0 amide bonds. The van der Waals surface area contributed by atoms with Gasteiger partial charge in [-0.1, -0.05) is 5.10 Å². The van der Waals surface area contributed by atoms with E-state index in [4.69, 9.17) is 4.74 Å². The zero-order valence-electron chi connectivity index (χ0n) is 14.3. The summed E-state index contributed by atoms with van der Waals surface area (Å²) in [5, 5.41) is 26.3. The summed E-state index contributed by atoms with van der Waals surface area (Å²) in [7, 11) is -3.57. The summed E-state index contributed by atoms with van der Waals surface area (Å²) in [6, 6.07) is 7.79. The second-order valence-electron chi connectivity index (χ2n) is 5.80. The molecular formula is C16H17N5O4S. The number of nitrogens with zero attached hydrogens (tertiary/aromatic N) is 3. The molecule has 0 spiro atoms. The summed E-state index contributed by atoms with van der Waals surface area (Å²) in [4.78, 5) is -0.180. The number of rotatable bonds is 5. The van der Waals surface area contributed by atoms with Gasteiger partial charge in [0.2, 0.25) is 0 Å². The van der Waals surface area contributed by atoms with Crippen LogP contribution in [0.2, 0.25) is 0 Å². The SMILES string of the molecule is Cc1cc(Nc2nn[nH]n2)cc(C)c1Oc1ccc(O)c(S(C)(=O)=O)c1. The molecule has 3 aromatic rings. The zero-order valence-corrected chi connectivity index (χ0v) is 15.1. The third kappa shape index (κ3) is 3.75. The van der Waals surface area contributed by atoms with E-state index in [0.717, 1.165) is 23.1 Å². The number of aryl methyl sites for hydroxylation is 2. The van der Waals surface area contributed by atoms with Crippen LogP contribution in [0, 0.1) is 13.8 Å². The molecule has 0 unspecified atom stereocenters. The van der Waals surface area contributed by atoms with Crippen LogP contribution < -0.4 is 10.1 Å². The quantitative estimate of drug-likeness (QED) is 0.620. The lowest BCUT2D eigenvalue weighted by Gasteiger charge is -2.15. The maximum absolute atomic E-state index is 11.7. The van der Waals surface area contributed by atoms with Crippen LogP contribution in [0.25, 0.3) is 0 Å². The van der Waals surface area contributed by atoms with Gasteiger partial charge in [-0.25, -0.2) is 8.42 Å². The van der Waals surface area contributed by atoms with Gasteiger partial charge in [-0.3, -0.25) is 0 Å². The Morgan fingerprint density at radius 1 is 1.15 bits per heavy atom. The lowest BCUT2D eigenvalue weighted by molar-refractivity contribution is 0.447. The lowest BCUT2D eigenvalue weighted by atomic mass is 10.1. The van der Waals surface area contributed by atoms with Crippen molar-refractivity contribution in [3.8, 4) is 17.2 Å². The second kappa shape index (κ2) is 6.64. The lowest BCUT2D eigenvalue weighted by Crippen LogP contribution is -1.99. The molecule has 0 aliphatic heterocycles. The van der Waals surface area contributed by atoms with Gasteiger partial charge in [0, 0.05) is 18.0 Å². The van der Waals surface area contributed by atoms with Crippen LogP contribution in [-0.2, 0) is 9.84 Å². The molecule has 3 N–H and O–H groups in total. The zero-order chi connectivity index (χ0) is 18.9. The Morgan fingerprint density at radius 3 is 2.42 bits per heavy atom. The summed E-state index contributed by atoms with van der Waals surface area (Å²) in [5.74, 6) is 0.934. The summed E-state index contributed by atoms with van der Waals surface area (Å²) in [5.41, 5.74) is 2.41. The number of anilines is 2. The number of phenolic OH excluding ortho intramolecular Hbond substituents is 1. The van der Waals surface area contributed by atoms with Crippen LogP contribution in [0.3, 0.4) is 0 Å². The topological polar surface area (TPSA) is 130 Å². The average molecular weight is 375 g/mol. The van der Waals surface area contributed by atoms with Gasteiger partial charge in [-0.05, 0) is 54.5 Å². The smallest absolute Gasteiger partial charge is 0.267 e. The molecule has 0 saturated carbocycles. The van der Waals surface area contributed by atoms with Gasteiger partial charge < -0.3 is 15.2 Å². The molecule has 3 rings (SSSR count). The van der Waals surface area contributed by atoms with Gasteiger partial charge in [-0.15, -0.1) is 5.10 Å².